The van der Waals surface area contributed by atoms with Gasteiger partial charge in [0.2, 0.25) is 0 Å². The summed E-state index contributed by atoms with van der Waals surface area (Å²) >= 11 is 2.79. The summed E-state index contributed by atoms with van der Waals surface area (Å²) < 4.78 is 9.84. The van der Waals surface area contributed by atoms with Crippen LogP contribution in [0.15, 0.2) is 17.5 Å². The van der Waals surface area contributed by atoms with E-state index in [1.54, 1.807) is 25.2 Å². The zero-order chi connectivity index (χ0) is 18.9. The van der Waals surface area contributed by atoms with Crippen molar-refractivity contribution in [3.05, 3.63) is 28.1 Å². The molecule has 0 atom stereocenters. The molecule has 0 aliphatic carbocycles. The molecule has 2 heterocycles. The van der Waals surface area contributed by atoms with Crippen LogP contribution in [0.4, 0.5) is 0 Å². The van der Waals surface area contributed by atoms with E-state index in [1.807, 2.05) is 17.5 Å². The van der Waals surface area contributed by atoms with Crippen LogP contribution in [0.5, 0.6) is 0 Å². The summed E-state index contributed by atoms with van der Waals surface area (Å²) in [7, 11) is 0. The minimum atomic E-state index is -0.565. The highest BCUT2D eigenvalue weighted by Gasteiger charge is 2.19. The van der Waals surface area contributed by atoms with Crippen molar-refractivity contribution in [2.45, 2.75) is 26.7 Å². The van der Waals surface area contributed by atoms with Crippen molar-refractivity contribution in [3.63, 3.8) is 0 Å². The Hall–Kier alpha value is -2.26. The van der Waals surface area contributed by atoms with Crippen LogP contribution in [0.25, 0.3) is 9.88 Å². The summed E-state index contributed by atoms with van der Waals surface area (Å²) in [6, 6.07) is 3.85. The van der Waals surface area contributed by atoms with Crippen LogP contribution < -0.4 is 5.32 Å². The fourth-order valence-corrected chi connectivity index (χ4v) is 3.79. The van der Waals surface area contributed by atoms with Crippen molar-refractivity contribution in [1.82, 2.24) is 10.3 Å². The molecule has 0 fully saturated rings. The van der Waals surface area contributed by atoms with Crippen LogP contribution in [0, 0.1) is 6.92 Å². The van der Waals surface area contributed by atoms with Crippen LogP contribution in [0.2, 0.25) is 0 Å². The maximum atomic E-state index is 12.2. The van der Waals surface area contributed by atoms with Gasteiger partial charge in [-0.05, 0) is 31.7 Å². The lowest BCUT2D eigenvalue weighted by molar-refractivity contribution is -0.143. The first-order valence-electron chi connectivity index (χ1n) is 8.12. The maximum Gasteiger partial charge on any atom is 0.350 e. The van der Waals surface area contributed by atoms with Gasteiger partial charge in [-0.1, -0.05) is 6.07 Å². The van der Waals surface area contributed by atoms with Crippen molar-refractivity contribution in [2.24, 2.45) is 0 Å². The van der Waals surface area contributed by atoms with E-state index in [1.165, 1.54) is 11.3 Å². The Bertz CT molecular complexity index is 755. The van der Waals surface area contributed by atoms with E-state index >= 15 is 0 Å². The second-order valence-electron chi connectivity index (χ2n) is 5.25. The Morgan fingerprint density at radius 3 is 2.77 bits per heavy atom. The van der Waals surface area contributed by atoms with Crippen molar-refractivity contribution in [3.8, 4) is 9.88 Å². The molecule has 2 rings (SSSR count). The predicted molar refractivity (Wildman–Crippen MR) is 99.3 cm³/mol. The number of amides is 1. The smallest absolute Gasteiger partial charge is 0.350 e. The largest absolute Gasteiger partial charge is 0.466 e. The number of carbonyl (C=O) groups excluding carboxylic acids is 3. The molecule has 0 spiro atoms. The number of hydrogen-bond donors (Lipinski definition) is 1. The van der Waals surface area contributed by atoms with E-state index in [0.29, 0.717) is 30.1 Å². The van der Waals surface area contributed by atoms with Crippen molar-refractivity contribution in [2.75, 3.05) is 19.8 Å². The molecule has 0 saturated heterocycles. The first-order chi connectivity index (χ1) is 12.5. The number of aryl methyl sites for hydroxylation is 1. The molecular weight excluding hydrogens is 376 g/mol. The topological polar surface area (TPSA) is 94.6 Å². The van der Waals surface area contributed by atoms with Crippen LogP contribution in [-0.2, 0) is 19.1 Å². The lowest BCUT2D eigenvalue weighted by Gasteiger charge is -2.06. The molecule has 0 aliphatic rings. The molecule has 0 aliphatic heterocycles. The number of nitrogens with one attached hydrogen (secondary N) is 1. The molecular formula is C17H20N2O5S2. The Kier molecular flexibility index (Phi) is 7.73. The fraction of sp³-hybridized carbons (Fsp3) is 0.412. The summed E-state index contributed by atoms with van der Waals surface area (Å²) in [4.78, 5) is 40.8. The van der Waals surface area contributed by atoms with Crippen molar-refractivity contribution >= 4 is 40.5 Å². The maximum absolute atomic E-state index is 12.2. The van der Waals surface area contributed by atoms with E-state index in [9.17, 15) is 14.4 Å². The lowest BCUT2D eigenvalue weighted by Crippen LogP contribution is -2.30. The Morgan fingerprint density at radius 1 is 1.27 bits per heavy atom. The highest BCUT2D eigenvalue weighted by molar-refractivity contribution is 7.22. The first-order valence-corrected chi connectivity index (χ1v) is 9.81. The van der Waals surface area contributed by atoms with Gasteiger partial charge in [0.25, 0.3) is 5.91 Å². The Balaban J connectivity index is 1.74. The van der Waals surface area contributed by atoms with E-state index in [2.05, 4.69) is 10.3 Å². The number of nitrogens with zero attached hydrogens (tertiary/aromatic N) is 1. The van der Waals surface area contributed by atoms with Crippen LogP contribution >= 0.6 is 22.7 Å². The van der Waals surface area contributed by atoms with Gasteiger partial charge in [-0.3, -0.25) is 9.59 Å². The zero-order valence-electron chi connectivity index (χ0n) is 14.6. The quantitative estimate of drug-likeness (QED) is 0.517. The second-order valence-corrected chi connectivity index (χ2v) is 7.19. The third-order valence-corrected chi connectivity index (χ3v) is 5.41. The number of rotatable bonds is 9. The van der Waals surface area contributed by atoms with Crippen molar-refractivity contribution < 1.29 is 23.9 Å². The molecule has 2 aromatic heterocycles. The fourth-order valence-electron chi connectivity index (χ4n) is 2.03. The summed E-state index contributed by atoms with van der Waals surface area (Å²) in [5.41, 5.74) is 0.582. The highest BCUT2D eigenvalue weighted by atomic mass is 32.1. The number of aromatic nitrogens is 1. The molecule has 0 bridgehead atoms. The number of carbonyl (C=O) groups is 3. The van der Waals surface area contributed by atoms with Gasteiger partial charge in [-0.2, -0.15) is 0 Å². The molecule has 26 heavy (non-hydrogen) atoms. The minimum absolute atomic E-state index is 0.236. The third-order valence-electron chi connectivity index (χ3n) is 3.23. The number of esters is 2. The van der Waals surface area contributed by atoms with Gasteiger partial charge < -0.3 is 14.8 Å². The van der Waals surface area contributed by atoms with E-state index < -0.39 is 11.9 Å². The van der Waals surface area contributed by atoms with Gasteiger partial charge in [-0.25, -0.2) is 9.78 Å². The van der Waals surface area contributed by atoms with Crippen LogP contribution in [0.1, 0.15) is 35.1 Å². The molecule has 7 nitrogen and oxygen atoms in total. The third kappa shape index (κ3) is 5.92. The standard InChI is InChI=1S/C17H20N2O5S2/c1-3-23-14(21)7-4-8-18-13(20)10-24-17(22)15-11(2)19-16(26-15)12-6-5-9-25-12/h5-6,9H,3-4,7-8,10H2,1-2H3,(H,18,20). The highest BCUT2D eigenvalue weighted by Crippen LogP contribution is 2.31. The molecule has 9 heteroatoms. The average Bonchev–Trinajstić information content (AvgIpc) is 3.26. The second kappa shape index (κ2) is 10.0. The Labute approximate surface area is 159 Å². The van der Waals surface area contributed by atoms with E-state index in [0.717, 1.165) is 9.88 Å². The first kappa shape index (κ1) is 20.1. The SMILES string of the molecule is CCOC(=O)CCCNC(=O)COC(=O)c1sc(-c2cccs2)nc1C. The molecule has 0 aromatic carbocycles. The van der Waals surface area contributed by atoms with Gasteiger partial charge in [0.05, 0.1) is 17.2 Å². The normalized spacial score (nSPS) is 10.4. The van der Waals surface area contributed by atoms with Gasteiger partial charge in [0.15, 0.2) is 6.61 Å². The van der Waals surface area contributed by atoms with Crippen LogP contribution in [0.3, 0.4) is 0 Å². The van der Waals surface area contributed by atoms with Crippen LogP contribution in [-0.4, -0.2) is 42.6 Å². The van der Waals surface area contributed by atoms with Gasteiger partial charge in [0.1, 0.15) is 9.88 Å². The summed E-state index contributed by atoms with van der Waals surface area (Å²) in [5, 5.41) is 5.29. The van der Waals surface area contributed by atoms with Gasteiger partial charge in [-0.15, -0.1) is 22.7 Å². The zero-order valence-corrected chi connectivity index (χ0v) is 16.2. The lowest BCUT2D eigenvalue weighted by atomic mass is 10.3. The Morgan fingerprint density at radius 2 is 2.08 bits per heavy atom. The molecule has 0 saturated carbocycles. The molecule has 2 aromatic rings. The molecule has 140 valence electrons. The van der Waals surface area contributed by atoms with E-state index in [-0.39, 0.29) is 19.0 Å². The monoisotopic (exact) mass is 396 g/mol. The summed E-state index contributed by atoms with van der Waals surface area (Å²) in [6.07, 6.45) is 0.704. The number of hydrogen-bond acceptors (Lipinski definition) is 8. The molecule has 1 N–H and O–H groups in total. The molecule has 0 unspecified atom stereocenters. The number of thiophene rings is 1. The summed E-state index contributed by atoms with van der Waals surface area (Å²) in [6.45, 7) is 3.76. The average molecular weight is 396 g/mol. The molecule has 0 radical (unpaired) electrons. The number of thiazole rings is 1. The van der Waals surface area contributed by atoms with Crippen molar-refractivity contribution in [1.29, 1.82) is 0 Å². The predicted octanol–water partition coefficient (Wildman–Crippen LogP) is 2.80. The summed E-state index contributed by atoms with van der Waals surface area (Å²) in [5.74, 6) is -1.28. The number of ether oxygens (including phenoxy) is 2. The van der Waals surface area contributed by atoms with Gasteiger partial charge >= 0.3 is 11.9 Å². The minimum Gasteiger partial charge on any atom is -0.466 e. The van der Waals surface area contributed by atoms with Gasteiger partial charge in [0, 0.05) is 13.0 Å². The molecule has 1 amide bonds. The van der Waals surface area contributed by atoms with E-state index in [4.69, 9.17) is 9.47 Å².